The minimum atomic E-state index is -3.32. The van der Waals surface area contributed by atoms with E-state index in [1.165, 1.54) is 33.3 Å². The van der Waals surface area contributed by atoms with E-state index in [1.807, 2.05) is 0 Å². The maximum absolute atomic E-state index is 15.4. The van der Waals surface area contributed by atoms with Gasteiger partial charge in [-0.1, -0.05) is 12.1 Å². The number of amidine groups is 1. The molecule has 2 saturated heterocycles. The van der Waals surface area contributed by atoms with E-state index >= 15 is 8.78 Å². The molecule has 42 heavy (non-hydrogen) atoms. The van der Waals surface area contributed by atoms with Gasteiger partial charge in [-0.25, -0.2) is 29.5 Å². The zero-order chi connectivity index (χ0) is 30.4. The van der Waals surface area contributed by atoms with E-state index in [0.29, 0.717) is 22.0 Å². The van der Waals surface area contributed by atoms with Crippen LogP contribution in [0.25, 0.3) is 4.85 Å². The van der Waals surface area contributed by atoms with E-state index in [2.05, 4.69) is 15.1 Å². The molecule has 0 saturated carbocycles. The molecule has 1 N–H and O–H groups in total. The molecule has 0 radical (unpaired) electrons. The lowest BCUT2D eigenvalue weighted by atomic mass is 9.92. The Labute approximate surface area is 245 Å². The molecule has 3 atom stereocenters. The number of alkyl halides is 2. The van der Waals surface area contributed by atoms with Crippen molar-refractivity contribution in [3.05, 3.63) is 74.4 Å². The molecule has 5 rings (SSSR count). The SMILES string of the molecule is [C-]#[N+]C(C)(C)CN1C[C@H]2C(C1=O)C(F)(F)CN2CC1=C(C(=O)OCC)[C@H](c2cccc(F)c2C)N=C(c2nccs2)N1. The van der Waals surface area contributed by atoms with Gasteiger partial charge in [0.25, 0.3) is 5.92 Å². The molecule has 3 aliphatic rings. The van der Waals surface area contributed by atoms with Gasteiger partial charge in [0.1, 0.15) is 17.8 Å². The van der Waals surface area contributed by atoms with Crippen molar-refractivity contribution in [2.75, 3.05) is 32.8 Å². The van der Waals surface area contributed by atoms with E-state index in [0.717, 1.165) is 0 Å². The maximum Gasteiger partial charge on any atom is 0.338 e. The summed E-state index contributed by atoms with van der Waals surface area (Å²) >= 11 is 1.30. The topological polar surface area (TPSA) is 91.5 Å². The molecule has 2 fully saturated rings. The quantitative estimate of drug-likeness (QED) is 0.364. The van der Waals surface area contributed by atoms with Crippen molar-refractivity contribution in [2.45, 2.75) is 51.2 Å². The maximum atomic E-state index is 15.4. The minimum Gasteiger partial charge on any atom is -0.463 e. The fourth-order valence-electron chi connectivity index (χ4n) is 5.84. The van der Waals surface area contributed by atoms with Crippen LogP contribution in [0.3, 0.4) is 0 Å². The number of aromatic nitrogens is 1. The van der Waals surface area contributed by atoms with Crippen molar-refractivity contribution in [1.29, 1.82) is 0 Å². The first-order valence-corrected chi connectivity index (χ1v) is 14.4. The molecule has 9 nitrogen and oxygen atoms in total. The van der Waals surface area contributed by atoms with Crippen LogP contribution in [0.1, 0.15) is 42.9 Å². The number of carbonyl (C=O) groups excluding carboxylic acids is 2. The fraction of sp³-hybridized carbons (Fsp3) is 0.483. The highest BCUT2D eigenvalue weighted by atomic mass is 32.1. The van der Waals surface area contributed by atoms with Gasteiger partial charge in [0.05, 0.1) is 25.3 Å². The van der Waals surface area contributed by atoms with Crippen LogP contribution in [-0.4, -0.2) is 82.8 Å². The number of fused-ring (bicyclic) bond motifs is 1. The Bertz CT molecular complexity index is 1500. The van der Waals surface area contributed by atoms with Gasteiger partial charge < -0.3 is 19.8 Å². The molecule has 13 heteroatoms. The van der Waals surface area contributed by atoms with Gasteiger partial charge in [-0.2, -0.15) is 0 Å². The molecule has 222 valence electrons. The standard InChI is InChI=1S/C29H31F3N6O3S/c1-6-41-27(40)21-19(12-37-15-29(31,32)22-20(37)13-38(26(22)39)14-28(3,4)33-5)35-24(25-34-10-11-42-25)36-23(21)17-8-7-9-18(30)16(17)2/h7-11,20,22-23H,6,12-15H2,1-4H3,(H,35,36)/t20-,22?,23-/m0/s1. The average Bonchev–Trinajstić information content (AvgIpc) is 3.63. The van der Waals surface area contributed by atoms with Gasteiger partial charge >= 0.3 is 5.97 Å². The van der Waals surface area contributed by atoms with Crippen molar-refractivity contribution in [3.8, 4) is 0 Å². The van der Waals surface area contributed by atoms with Crippen LogP contribution >= 0.6 is 11.3 Å². The summed E-state index contributed by atoms with van der Waals surface area (Å²) in [5, 5.41) is 5.39. The first-order valence-electron chi connectivity index (χ1n) is 13.6. The Morgan fingerprint density at radius 1 is 1.36 bits per heavy atom. The summed E-state index contributed by atoms with van der Waals surface area (Å²) in [4.78, 5) is 42.0. The monoisotopic (exact) mass is 600 g/mol. The summed E-state index contributed by atoms with van der Waals surface area (Å²) in [6.07, 6.45) is 1.59. The fourth-order valence-corrected chi connectivity index (χ4v) is 6.43. The van der Waals surface area contributed by atoms with Crippen LogP contribution in [0.15, 0.2) is 46.0 Å². The number of rotatable bonds is 8. The van der Waals surface area contributed by atoms with E-state index in [-0.39, 0.29) is 37.5 Å². The Morgan fingerprint density at radius 3 is 2.79 bits per heavy atom. The number of thiazole rings is 1. The second-order valence-electron chi connectivity index (χ2n) is 11.3. The second-order valence-corrected chi connectivity index (χ2v) is 12.2. The number of carbonyl (C=O) groups is 2. The van der Waals surface area contributed by atoms with Crippen molar-refractivity contribution < 1.29 is 27.5 Å². The van der Waals surface area contributed by atoms with Crippen molar-refractivity contribution in [1.82, 2.24) is 20.1 Å². The van der Waals surface area contributed by atoms with Crippen LogP contribution in [0.2, 0.25) is 0 Å². The summed E-state index contributed by atoms with van der Waals surface area (Å²) in [5.74, 6) is -6.44. The number of benzene rings is 1. The third-order valence-corrected chi connectivity index (χ3v) is 8.59. The van der Waals surface area contributed by atoms with Gasteiger partial charge in [0.15, 0.2) is 10.8 Å². The van der Waals surface area contributed by atoms with Crippen LogP contribution in [0.5, 0.6) is 0 Å². The normalized spacial score (nSPS) is 23.9. The average molecular weight is 601 g/mol. The number of halogens is 3. The number of ether oxygens (including phenoxy) is 1. The van der Waals surface area contributed by atoms with Crippen molar-refractivity contribution >= 4 is 29.0 Å². The van der Waals surface area contributed by atoms with E-state index < -0.39 is 53.7 Å². The summed E-state index contributed by atoms with van der Waals surface area (Å²) in [5.41, 5.74) is 0.145. The first kappa shape index (κ1) is 29.7. The van der Waals surface area contributed by atoms with Crippen LogP contribution < -0.4 is 5.32 Å². The zero-order valence-corrected chi connectivity index (χ0v) is 24.5. The van der Waals surface area contributed by atoms with Gasteiger partial charge in [-0.3, -0.25) is 14.7 Å². The highest BCUT2D eigenvalue weighted by molar-refractivity contribution is 7.11. The predicted molar refractivity (Wildman–Crippen MR) is 150 cm³/mol. The molecular formula is C29H31F3N6O3S. The molecule has 3 aliphatic heterocycles. The Balaban J connectivity index is 1.57. The highest BCUT2D eigenvalue weighted by Crippen LogP contribution is 2.44. The van der Waals surface area contributed by atoms with Crippen LogP contribution in [-0.2, 0) is 14.3 Å². The minimum absolute atomic E-state index is 0.0277. The van der Waals surface area contributed by atoms with Gasteiger partial charge in [0, 0.05) is 50.3 Å². The molecule has 4 heterocycles. The number of esters is 1. The number of likely N-dealkylation sites (tertiary alicyclic amines) is 2. The van der Waals surface area contributed by atoms with E-state index in [9.17, 15) is 14.0 Å². The zero-order valence-electron chi connectivity index (χ0n) is 23.7. The summed E-state index contributed by atoms with van der Waals surface area (Å²) in [7, 11) is 0. The molecular weight excluding hydrogens is 569 g/mol. The lowest BCUT2D eigenvalue weighted by molar-refractivity contribution is -0.140. The van der Waals surface area contributed by atoms with Crippen molar-refractivity contribution in [2.24, 2.45) is 10.9 Å². The largest absolute Gasteiger partial charge is 0.463 e. The molecule has 0 aliphatic carbocycles. The number of hydrogen-bond donors (Lipinski definition) is 1. The predicted octanol–water partition coefficient (Wildman–Crippen LogP) is 3.97. The molecule has 1 unspecified atom stereocenters. The molecule has 1 aromatic carbocycles. The van der Waals surface area contributed by atoms with Gasteiger partial charge in [-0.15, -0.1) is 11.3 Å². The van der Waals surface area contributed by atoms with Crippen LogP contribution in [0, 0.1) is 25.2 Å². The lowest BCUT2D eigenvalue weighted by Gasteiger charge is -2.31. The molecule has 0 bridgehead atoms. The number of nitrogens with one attached hydrogen (secondary N) is 1. The lowest BCUT2D eigenvalue weighted by Crippen LogP contribution is -2.45. The van der Waals surface area contributed by atoms with Gasteiger partial charge in [-0.05, 0) is 31.0 Å². The third-order valence-electron chi connectivity index (χ3n) is 7.81. The Morgan fingerprint density at radius 2 is 2.12 bits per heavy atom. The molecule has 1 amide bonds. The molecule has 0 spiro atoms. The molecule has 2 aromatic rings. The third kappa shape index (κ3) is 5.41. The van der Waals surface area contributed by atoms with Crippen LogP contribution in [0.4, 0.5) is 13.2 Å². The first-order chi connectivity index (χ1) is 19.9. The number of amides is 1. The summed E-state index contributed by atoms with van der Waals surface area (Å²) in [6, 6.07) is 2.67. The number of nitrogens with zero attached hydrogens (tertiary/aromatic N) is 5. The summed E-state index contributed by atoms with van der Waals surface area (Å²) < 4.78 is 50.9. The second kappa shape index (κ2) is 11.1. The summed E-state index contributed by atoms with van der Waals surface area (Å²) in [6.45, 7) is 13.2. The Kier molecular flexibility index (Phi) is 7.89. The van der Waals surface area contributed by atoms with Gasteiger partial charge in [0.2, 0.25) is 11.4 Å². The smallest absolute Gasteiger partial charge is 0.338 e. The van der Waals surface area contributed by atoms with E-state index in [1.54, 1.807) is 45.3 Å². The number of hydrogen-bond acceptors (Lipinski definition) is 8. The Hall–Kier alpha value is -3.76. The number of aliphatic imine (C=N–C) groups is 1. The van der Waals surface area contributed by atoms with Crippen molar-refractivity contribution in [3.63, 3.8) is 0 Å². The molecule has 1 aromatic heterocycles. The highest BCUT2D eigenvalue weighted by Gasteiger charge is 2.63. The van der Waals surface area contributed by atoms with E-state index in [4.69, 9.17) is 16.3 Å².